The second-order valence-electron chi connectivity index (χ2n) is 11.3. The maximum absolute atomic E-state index is 12.9. The fraction of sp³-hybridized carbons (Fsp3) is 0.533. The van der Waals surface area contributed by atoms with E-state index in [1.807, 2.05) is 19.9 Å². The van der Waals surface area contributed by atoms with Gasteiger partial charge in [-0.3, -0.25) is 4.79 Å². The number of para-hydroxylation sites is 2. The third-order valence-corrected chi connectivity index (χ3v) is 8.85. The quantitative estimate of drug-likeness (QED) is 0.439. The summed E-state index contributed by atoms with van der Waals surface area (Å²) >= 11 is 0. The first-order valence-corrected chi connectivity index (χ1v) is 13.5. The van der Waals surface area contributed by atoms with Crippen molar-refractivity contribution in [1.82, 2.24) is 14.9 Å². The van der Waals surface area contributed by atoms with Crippen molar-refractivity contribution in [1.29, 1.82) is 0 Å². The lowest BCUT2D eigenvalue weighted by Gasteiger charge is -2.52. The zero-order valence-electron chi connectivity index (χ0n) is 21.0. The van der Waals surface area contributed by atoms with Crippen LogP contribution in [0.1, 0.15) is 87.1 Å². The number of likely N-dealkylation sites (tertiary alicyclic amines) is 1. The summed E-state index contributed by atoms with van der Waals surface area (Å²) in [6.07, 6.45) is 6.48. The van der Waals surface area contributed by atoms with E-state index in [9.17, 15) is 4.79 Å². The molecule has 3 aliphatic carbocycles. The number of esters is 1. The Hall–Kier alpha value is -2.66. The molecule has 3 atom stereocenters. The molecule has 0 amide bonds. The standard InChI is InChI=1S/C30H37N3O2/c1-20(2)29(34)35-30(19-22-11-12-25(30)24-8-4-3-7-23(22)24)15-18-33-16-13-21(14-17-33)28-31-26-9-5-6-10-27(26)32-28/h3-10,20-22,25H,11-19H2,1-2H3,(H,31,32)/t22-,25-,30+/m1/s1. The minimum atomic E-state index is -0.367. The molecule has 1 saturated carbocycles. The van der Waals surface area contributed by atoms with Gasteiger partial charge in [0, 0.05) is 24.8 Å². The van der Waals surface area contributed by atoms with Crippen molar-refractivity contribution < 1.29 is 9.53 Å². The molecule has 5 nitrogen and oxygen atoms in total. The van der Waals surface area contributed by atoms with Gasteiger partial charge in [0.15, 0.2) is 0 Å². The van der Waals surface area contributed by atoms with E-state index >= 15 is 0 Å². The van der Waals surface area contributed by atoms with E-state index in [4.69, 9.17) is 9.72 Å². The van der Waals surface area contributed by atoms with Crippen molar-refractivity contribution in [3.63, 3.8) is 0 Å². The van der Waals surface area contributed by atoms with E-state index in [1.165, 1.54) is 17.5 Å². The first-order chi connectivity index (χ1) is 17.0. The van der Waals surface area contributed by atoms with Gasteiger partial charge >= 0.3 is 5.97 Å². The summed E-state index contributed by atoms with van der Waals surface area (Å²) < 4.78 is 6.47. The summed E-state index contributed by atoms with van der Waals surface area (Å²) in [5.41, 5.74) is 4.74. The van der Waals surface area contributed by atoms with Gasteiger partial charge in [-0.1, -0.05) is 50.2 Å². The summed E-state index contributed by atoms with van der Waals surface area (Å²) in [6.45, 7) is 7.03. The van der Waals surface area contributed by atoms with Crippen molar-refractivity contribution in [2.75, 3.05) is 19.6 Å². The second kappa shape index (κ2) is 9.09. The molecule has 2 heterocycles. The zero-order chi connectivity index (χ0) is 24.0. The third-order valence-electron chi connectivity index (χ3n) is 8.85. The predicted octanol–water partition coefficient (Wildman–Crippen LogP) is 6.14. The van der Waals surface area contributed by atoms with Gasteiger partial charge < -0.3 is 14.6 Å². The number of carbonyl (C=O) groups excluding carboxylic acids is 1. The lowest BCUT2D eigenvalue weighted by molar-refractivity contribution is -0.174. The number of hydrogen-bond donors (Lipinski definition) is 1. The highest BCUT2D eigenvalue weighted by atomic mass is 16.6. The van der Waals surface area contributed by atoms with E-state index in [1.54, 1.807) is 0 Å². The van der Waals surface area contributed by atoms with E-state index in [0.29, 0.717) is 17.8 Å². The highest BCUT2D eigenvalue weighted by Crippen LogP contribution is 2.57. The van der Waals surface area contributed by atoms with Crippen LogP contribution < -0.4 is 0 Å². The number of imidazole rings is 1. The molecular formula is C30H37N3O2. The number of aromatic nitrogens is 2. The molecule has 3 aromatic rings. The van der Waals surface area contributed by atoms with Crippen molar-refractivity contribution >= 4 is 17.0 Å². The minimum Gasteiger partial charge on any atom is -0.458 e. The van der Waals surface area contributed by atoms with Gasteiger partial charge in [0.1, 0.15) is 11.4 Å². The fourth-order valence-electron chi connectivity index (χ4n) is 6.90. The monoisotopic (exact) mass is 471 g/mol. The number of hydrogen-bond acceptors (Lipinski definition) is 4. The van der Waals surface area contributed by atoms with Crippen molar-refractivity contribution in [3.8, 4) is 0 Å². The van der Waals surface area contributed by atoms with Gasteiger partial charge in [-0.2, -0.15) is 0 Å². The number of ether oxygens (including phenoxy) is 1. The Morgan fingerprint density at radius 1 is 1.03 bits per heavy atom. The number of aromatic amines is 1. The largest absolute Gasteiger partial charge is 0.458 e. The zero-order valence-corrected chi connectivity index (χ0v) is 21.0. The second-order valence-corrected chi connectivity index (χ2v) is 11.3. The lowest BCUT2D eigenvalue weighted by Crippen LogP contribution is -2.51. The summed E-state index contributed by atoms with van der Waals surface area (Å²) in [7, 11) is 0. The Morgan fingerprint density at radius 2 is 1.77 bits per heavy atom. The Labute approximate surface area is 208 Å². The van der Waals surface area contributed by atoms with Crippen LogP contribution in [0.5, 0.6) is 0 Å². The molecule has 0 spiro atoms. The molecule has 5 heteroatoms. The number of H-pyrrole nitrogens is 1. The molecule has 1 N–H and O–H groups in total. The average Bonchev–Trinajstić information content (AvgIpc) is 3.33. The molecule has 2 aromatic carbocycles. The number of nitrogens with zero attached hydrogens (tertiary/aromatic N) is 2. The minimum absolute atomic E-state index is 0.0429. The molecule has 1 saturated heterocycles. The van der Waals surface area contributed by atoms with Crippen LogP contribution in [0.25, 0.3) is 11.0 Å². The van der Waals surface area contributed by atoms with Crippen LogP contribution in [0.4, 0.5) is 0 Å². The molecule has 4 aliphatic rings. The van der Waals surface area contributed by atoms with Gasteiger partial charge in [-0.15, -0.1) is 0 Å². The van der Waals surface area contributed by atoms with Crippen molar-refractivity contribution in [3.05, 3.63) is 65.5 Å². The number of benzene rings is 2. The molecule has 1 aromatic heterocycles. The van der Waals surface area contributed by atoms with E-state index in [0.717, 1.165) is 68.6 Å². The van der Waals surface area contributed by atoms with Gasteiger partial charge in [0.2, 0.25) is 0 Å². The third kappa shape index (κ3) is 4.18. The smallest absolute Gasteiger partial charge is 0.308 e. The Balaban J connectivity index is 1.15. The Kier molecular flexibility index (Phi) is 5.92. The molecule has 0 unspecified atom stereocenters. The molecule has 1 aliphatic heterocycles. The maximum atomic E-state index is 12.9. The first kappa shape index (κ1) is 22.8. The molecule has 2 bridgehead atoms. The van der Waals surface area contributed by atoms with E-state index in [-0.39, 0.29) is 17.5 Å². The highest BCUT2D eigenvalue weighted by molar-refractivity contribution is 5.75. The number of fused-ring (bicyclic) bond motifs is 3. The topological polar surface area (TPSA) is 58.2 Å². The molecule has 2 fully saturated rings. The number of carbonyl (C=O) groups is 1. The van der Waals surface area contributed by atoms with Crippen LogP contribution in [0.2, 0.25) is 0 Å². The fourth-order valence-corrected chi connectivity index (χ4v) is 6.90. The SMILES string of the molecule is CC(C)C(=O)O[C@@]1(CCN2CCC(c3nc4ccccc4[nH]3)CC2)C[C@H]2CC[C@@H]1c1ccccc12. The maximum Gasteiger partial charge on any atom is 0.308 e. The molecular weight excluding hydrogens is 434 g/mol. The summed E-state index contributed by atoms with van der Waals surface area (Å²) in [5.74, 6) is 2.31. The number of rotatable bonds is 6. The molecule has 0 radical (unpaired) electrons. The summed E-state index contributed by atoms with van der Waals surface area (Å²) in [5, 5.41) is 0. The van der Waals surface area contributed by atoms with Crippen LogP contribution in [0.15, 0.2) is 48.5 Å². The van der Waals surface area contributed by atoms with Gasteiger partial charge in [0.05, 0.1) is 17.0 Å². The summed E-state index contributed by atoms with van der Waals surface area (Å²) in [4.78, 5) is 23.9. The van der Waals surface area contributed by atoms with Crippen LogP contribution >= 0.6 is 0 Å². The first-order valence-electron chi connectivity index (χ1n) is 13.5. The van der Waals surface area contributed by atoms with Gasteiger partial charge in [-0.05, 0) is 74.4 Å². The van der Waals surface area contributed by atoms with Gasteiger partial charge in [-0.25, -0.2) is 4.98 Å². The van der Waals surface area contributed by atoms with Gasteiger partial charge in [0.25, 0.3) is 0 Å². The van der Waals surface area contributed by atoms with Crippen molar-refractivity contribution in [2.45, 2.75) is 75.7 Å². The molecule has 7 rings (SSSR count). The van der Waals surface area contributed by atoms with E-state index < -0.39 is 0 Å². The Morgan fingerprint density at radius 3 is 2.54 bits per heavy atom. The number of piperidine rings is 1. The lowest BCUT2D eigenvalue weighted by atomic mass is 9.58. The summed E-state index contributed by atoms with van der Waals surface area (Å²) in [6, 6.07) is 17.2. The van der Waals surface area contributed by atoms with E-state index in [2.05, 4.69) is 52.3 Å². The Bertz CT molecular complexity index is 1180. The van der Waals surface area contributed by atoms with Crippen LogP contribution in [-0.2, 0) is 9.53 Å². The normalized spacial score (nSPS) is 26.8. The highest BCUT2D eigenvalue weighted by Gasteiger charge is 2.52. The van der Waals surface area contributed by atoms with Crippen molar-refractivity contribution in [2.24, 2.45) is 5.92 Å². The van der Waals surface area contributed by atoms with Crippen LogP contribution in [0.3, 0.4) is 0 Å². The van der Waals surface area contributed by atoms with Crippen LogP contribution in [0, 0.1) is 5.92 Å². The molecule has 35 heavy (non-hydrogen) atoms. The van der Waals surface area contributed by atoms with Crippen LogP contribution in [-0.4, -0.2) is 46.1 Å². The molecule has 184 valence electrons. The number of nitrogens with one attached hydrogen (secondary N) is 1. The average molecular weight is 472 g/mol. The predicted molar refractivity (Wildman–Crippen MR) is 139 cm³/mol.